The van der Waals surface area contributed by atoms with Gasteiger partial charge in [-0.25, -0.2) is 0 Å². The van der Waals surface area contributed by atoms with Crippen molar-refractivity contribution in [1.82, 2.24) is 10.6 Å². The number of nitrogens with one attached hydrogen (secondary N) is 2. The van der Waals surface area contributed by atoms with Crippen LogP contribution >= 0.6 is 0 Å². The quantitative estimate of drug-likeness (QED) is 0.724. The molecule has 0 aromatic rings. The molecule has 0 spiro atoms. The summed E-state index contributed by atoms with van der Waals surface area (Å²) in [7, 11) is 0. The highest BCUT2D eigenvalue weighted by molar-refractivity contribution is 5.75. The van der Waals surface area contributed by atoms with Crippen molar-refractivity contribution in [2.24, 2.45) is 5.92 Å². The Kier molecular flexibility index (Phi) is 4.60. The Labute approximate surface area is 97.1 Å². The van der Waals surface area contributed by atoms with E-state index in [-0.39, 0.29) is 12.0 Å². The number of hydrogen-bond donors (Lipinski definition) is 2. The molecule has 0 bridgehead atoms. The monoisotopic (exact) mass is 226 g/mol. The fourth-order valence-corrected chi connectivity index (χ4v) is 2.42. The summed E-state index contributed by atoms with van der Waals surface area (Å²) in [5.74, 6) is 0.885. The molecule has 2 fully saturated rings. The summed E-state index contributed by atoms with van der Waals surface area (Å²) in [6.07, 6.45) is 5.39. The van der Waals surface area contributed by atoms with Gasteiger partial charge in [0.15, 0.2) is 0 Å². The molecule has 92 valence electrons. The van der Waals surface area contributed by atoms with E-state index in [1.165, 1.54) is 6.42 Å². The van der Waals surface area contributed by atoms with Crippen molar-refractivity contribution in [3.8, 4) is 0 Å². The van der Waals surface area contributed by atoms with Crippen molar-refractivity contribution in [2.45, 2.75) is 38.2 Å². The molecule has 4 nitrogen and oxygen atoms in total. The molecule has 0 aliphatic carbocycles. The number of amides is 1. The summed E-state index contributed by atoms with van der Waals surface area (Å²) in [4.78, 5) is 11.6. The lowest BCUT2D eigenvalue weighted by Crippen LogP contribution is -2.31. The lowest BCUT2D eigenvalue weighted by atomic mass is 10.0. The molecule has 2 N–H and O–H groups in total. The van der Waals surface area contributed by atoms with Gasteiger partial charge in [0.05, 0.1) is 6.10 Å². The lowest BCUT2D eigenvalue weighted by Gasteiger charge is -2.12. The van der Waals surface area contributed by atoms with Crippen LogP contribution in [0.25, 0.3) is 0 Å². The van der Waals surface area contributed by atoms with E-state index < -0.39 is 0 Å². The Hall–Kier alpha value is -0.610. The number of rotatable bonds is 5. The number of carbonyl (C=O) groups excluding carboxylic acids is 1. The molecule has 0 saturated carbocycles. The third-order valence-electron chi connectivity index (χ3n) is 3.49. The van der Waals surface area contributed by atoms with E-state index in [2.05, 4.69) is 10.6 Å². The Morgan fingerprint density at radius 1 is 1.44 bits per heavy atom. The van der Waals surface area contributed by atoms with Gasteiger partial charge in [-0.3, -0.25) is 4.79 Å². The van der Waals surface area contributed by atoms with Gasteiger partial charge in [-0.1, -0.05) is 0 Å². The van der Waals surface area contributed by atoms with Crippen LogP contribution in [0.1, 0.15) is 32.1 Å². The Morgan fingerprint density at radius 3 is 3.06 bits per heavy atom. The molecule has 2 atom stereocenters. The topological polar surface area (TPSA) is 50.4 Å². The van der Waals surface area contributed by atoms with E-state index in [1.807, 2.05) is 0 Å². The highest BCUT2D eigenvalue weighted by Crippen LogP contribution is 2.14. The minimum absolute atomic E-state index is 0.183. The average molecular weight is 226 g/mol. The maximum Gasteiger partial charge on any atom is 0.220 e. The normalized spacial score (nSPS) is 29.5. The van der Waals surface area contributed by atoms with Crippen LogP contribution in [0, 0.1) is 5.92 Å². The second-order valence-electron chi connectivity index (χ2n) is 4.84. The van der Waals surface area contributed by atoms with E-state index in [0.29, 0.717) is 18.9 Å². The van der Waals surface area contributed by atoms with Gasteiger partial charge in [0.1, 0.15) is 0 Å². The van der Waals surface area contributed by atoms with Gasteiger partial charge in [0.25, 0.3) is 0 Å². The lowest BCUT2D eigenvalue weighted by molar-refractivity contribution is -0.121. The summed E-state index contributed by atoms with van der Waals surface area (Å²) in [6.45, 7) is 3.75. The molecular weight excluding hydrogens is 204 g/mol. The molecule has 2 aliphatic heterocycles. The molecule has 16 heavy (non-hydrogen) atoms. The van der Waals surface area contributed by atoms with E-state index in [4.69, 9.17) is 4.74 Å². The highest BCUT2D eigenvalue weighted by Gasteiger charge is 2.18. The Morgan fingerprint density at radius 2 is 2.38 bits per heavy atom. The zero-order valence-electron chi connectivity index (χ0n) is 9.84. The number of carbonyl (C=O) groups is 1. The second kappa shape index (κ2) is 6.21. The molecule has 4 heteroatoms. The smallest absolute Gasteiger partial charge is 0.220 e. The zero-order chi connectivity index (χ0) is 11.2. The maximum absolute atomic E-state index is 11.6. The van der Waals surface area contributed by atoms with Gasteiger partial charge in [-0.05, 0) is 44.7 Å². The molecule has 0 aromatic carbocycles. The van der Waals surface area contributed by atoms with Crippen LogP contribution in [0.3, 0.4) is 0 Å². The van der Waals surface area contributed by atoms with Gasteiger partial charge in [0, 0.05) is 19.6 Å². The summed E-state index contributed by atoms with van der Waals surface area (Å²) in [5.41, 5.74) is 0. The minimum Gasteiger partial charge on any atom is -0.376 e. The fourth-order valence-electron chi connectivity index (χ4n) is 2.42. The fraction of sp³-hybridized carbons (Fsp3) is 0.917. The first-order valence-corrected chi connectivity index (χ1v) is 6.43. The van der Waals surface area contributed by atoms with Crippen LogP contribution in [0.2, 0.25) is 0 Å². The van der Waals surface area contributed by atoms with Gasteiger partial charge in [0.2, 0.25) is 5.91 Å². The van der Waals surface area contributed by atoms with E-state index >= 15 is 0 Å². The van der Waals surface area contributed by atoms with Crippen molar-refractivity contribution >= 4 is 5.91 Å². The van der Waals surface area contributed by atoms with Crippen LogP contribution in [0.4, 0.5) is 0 Å². The Balaban J connectivity index is 1.53. The first-order chi connectivity index (χ1) is 7.84. The van der Waals surface area contributed by atoms with Crippen molar-refractivity contribution in [3.63, 3.8) is 0 Å². The van der Waals surface area contributed by atoms with Crippen molar-refractivity contribution in [1.29, 1.82) is 0 Å². The molecule has 2 rings (SSSR count). The summed E-state index contributed by atoms with van der Waals surface area (Å²) in [5, 5.41) is 6.29. The SMILES string of the molecule is O=C(CCC1CCNC1)NCC1CCCO1. The first kappa shape index (κ1) is 11.9. The van der Waals surface area contributed by atoms with Crippen molar-refractivity contribution in [2.75, 3.05) is 26.2 Å². The molecular formula is C12H22N2O2. The van der Waals surface area contributed by atoms with Gasteiger partial charge in [-0.2, -0.15) is 0 Å². The largest absolute Gasteiger partial charge is 0.376 e. The summed E-state index contributed by atoms with van der Waals surface area (Å²) >= 11 is 0. The molecule has 2 aliphatic rings. The number of hydrogen-bond acceptors (Lipinski definition) is 3. The zero-order valence-corrected chi connectivity index (χ0v) is 9.84. The first-order valence-electron chi connectivity index (χ1n) is 6.43. The molecule has 2 saturated heterocycles. The van der Waals surface area contributed by atoms with Crippen LogP contribution in [-0.2, 0) is 9.53 Å². The van der Waals surface area contributed by atoms with Crippen LogP contribution < -0.4 is 10.6 Å². The summed E-state index contributed by atoms with van der Waals surface area (Å²) in [6, 6.07) is 0. The average Bonchev–Trinajstić information content (AvgIpc) is 2.96. The van der Waals surface area contributed by atoms with Gasteiger partial charge >= 0.3 is 0 Å². The number of ether oxygens (including phenoxy) is 1. The second-order valence-corrected chi connectivity index (χ2v) is 4.84. The van der Waals surface area contributed by atoms with Crippen LogP contribution in [-0.4, -0.2) is 38.3 Å². The molecule has 0 aromatic heterocycles. The summed E-state index contributed by atoms with van der Waals surface area (Å²) < 4.78 is 5.46. The highest BCUT2D eigenvalue weighted by atomic mass is 16.5. The minimum atomic E-state index is 0.183. The Bertz CT molecular complexity index is 199. The molecule has 0 radical (unpaired) electrons. The standard InChI is InChI=1S/C12H22N2O2/c15-12(4-3-10-5-6-13-8-10)14-9-11-2-1-7-16-11/h10-11,13H,1-9H2,(H,14,15). The predicted octanol–water partition coefficient (Wildman–Crippen LogP) is 0.671. The molecule has 2 heterocycles. The third-order valence-corrected chi connectivity index (χ3v) is 3.49. The van der Waals surface area contributed by atoms with Crippen molar-refractivity contribution in [3.05, 3.63) is 0 Å². The third kappa shape index (κ3) is 3.76. The van der Waals surface area contributed by atoms with E-state index in [1.54, 1.807) is 0 Å². The van der Waals surface area contributed by atoms with Crippen LogP contribution in [0.15, 0.2) is 0 Å². The van der Waals surface area contributed by atoms with Gasteiger partial charge < -0.3 is 15.4 Å². The maximum atomic E-state index is 11.6. The predicted molar refractivity (Wildman–Crippen MR) is 62.2 cm³/mol. The van der Waals surface area contributed by atoms with Gasteiger partial charge in [-0.15, -0.1) is 0 Å². The van der Waals surface area contributed by atoms with Crippen molar-refractivity contribution < 1.29 is 9.53 Å². The van der Waals surface area contributed by atoms with E-state index in [9.17, 15) is 4.79 Å². The molecule has 2 unspecified atom stereocenters. The molecule has 1 amide bonds. The van der Waals surface area contributed by atoms with E-state index in [0.717, 1.165) is 39.0 Å². The van der Waals surface area contributed by atoms with Crippen LogP contribution in [0.5, 0.6) is 0 Å².